The Bertz CT molecular complexity index is 787. The van der Waals surface area contributed by atoms with Crippen LogP contribution in [0.4, 0.5) is 4.79 Å². The molecule has 0 aromatic heterocycles. The Kier molecular flexibility index (Phi) is 5.94. The molecule has 0 spiro atoms. The highest BCUT2D eigenvalue weighted by Crippen LogP contribution is 2.28. The van der Waals surface area contributed by atoms with E-state index in [0.29, 0.717) is 17.1 Å². The molecule has 0 aliphatic heterocycles. The van der Waals surface area contributed by atoms with Crippen molar-refractivity contribution in [2.24, 2.45) is 10.8 Å². The van der Waals surface area contributed by atoms with Gasteiger partial charge in [-0.3, -0.25) is 0 Å². The molecular formula is C17H16N3O5-. The van der Waals surface area contributed by atoms with Crippen LogP contribution in [0.3, 0.4) is 0 Å². The number of benzene rings is 2. The number of methoxy groups -OCH3 is 1. The SMILES string of the molecule is COc1cc(/C=N\NC(N)=O)ccc1OCc1ccc(C(=O)[O-])cc1. The van der Waals surface area contributed by atoms with Crippen LogP contribution in [-0.2, 0) is 6.61 Å². The summed E-state index contributed by atoms with van der Waals surface area (Å²) in [6.07, 6.45) is 1.41. The molecule has 130 valence electrons. The van der Waals surface area contributed by atoms with Crippen LogP contribution in [0.15, 0.2) is 47.6 Å². The van der Waals surface area contributed by atoms with Crippen molar-refractivity contribution in [3.05, 3.63) is 59.2 Å². The van der Waals surface area contributed by atoms with Gasteiger partial charge >= 0.3 is 6.03 Å². The fourth-order valence-electron chi connectivity index (χ4n) is 1.95. The van der Waals surface area contributed by atoms with Crippen molar-refractivity contribution in [2.45, 2.75) is 6.61 Å². The van der Waals surface area contributed by atoms with Gasteiger partial charge in [0.05, 0.1) is 19.3 Å². The van der Waals surface area contributed by atoms with E-state index in [1.54, 1.807) is 30.3 Å². The van der Waals surface area contributed by atoms with Crippen LogP contribution in [0.5, 0.6) is 11.5 Å². The number of carbonyl (C=O) groups excluding carboxylic acids is 2. The van der Waals surface area contributed by atoms with Crippen molar-refractivity contribution < 1.29 is 24.2 Å². The minimum Gasteiger partial charge on any atom is -0.545 e. The third kappa shape index (κ3) is 5.24. The first-order valence-corrected chi connectivity index (χ1v) is 7.19. The second kappa shape index (κ2) is 8.34. The second-order valence-electron chi connectivity index (χ2n) is 4.92. The fourth-order valence-corrected chi connectivity index (χ4v) is 1.95. The van der Waals surface area contributed by atoms with Gasteiger partial charge in [-0.05, 0) is 34.9 Å². The molecule has 8 heteroatoms. The zero-order valence-corrected chi connectivity index (χ0v) is 13.4. The molecule has 25 heavy (non-hydrogen) atoms. The highest BCUT2D eigenvalue weighted by molar-refractivity contribution is 5.85. The number of primary amides is 1. The monoisotopic (exact) mass is 342 g/mol. The maximum atomic E-state index is 10.7. The number of nitrogens with two attached hydrogens (primary N) is 1. The van der Waals surface area contributed by atoms with Gasteiger partial charge in [0.1, 0.15) is 6.61 Å². The number of amides is 2. The lowest BCUT2D eigenvalue weighted by atomic mass is 10.1. The number of hydrazone groups is 1. The van der Waals surface area contributed by atoms with Crippen molar-refractivity contribution in [3.63, 3.8) is 0 Å². The number of rotatable bonds is 7. The highest BCUT2D eigenvalue weighted by atomic mass is 16.5. The summed E-state index contributed by atoms with van der Waals surface area (Å²) in [5, 5.41) is 14.4. The molecule has 0 bridgehead atoms. The van der Waals surface area contributed by atoms with E-state index in [4.69, 9.17) is 15.2 Å². The zero-order chi connectivity index (χ0) is 18.2. The maximum absolute atomic E-state index is 10.7. The van der Waals surface area contributed by atoms with Crippen molar-refractivity contribution in [2.75, 3.05) is 7.11 Å². The predicted molar refractivity (Wildman–Crippen MR) is 88.4 cm³/mol. The molecule has 0 unspecified atom stereocenters. The van der Waals surface area contributed by atoms with E-state index in [-0.39, 0.29) is 12.2 Å². The predicted octanol–water partition coefficient (Wildman–Crippen LogP) is 0.640. The number of carboxylic acid groups (broad SMARTS) is 1. The average molecular weight is 342 g/mol. The highest BCUT2D eigenvalue weighted by Gasteiger charge is 2.06. The number of urea groups is 1. The van der Waals surface area contributed by atoms with Gasteiger partial charge in [-0.15, -0.1) is 0 Å². The molecule has 0 atom stereocenters. The Morgan fingerprint density at radius 2 is 1.92 bits per heavy atom. The first-order valence-electron chi connectivity index (χ1n) is 7.19. The number of nitrogens with zero attached hydrogens (tertiary/aromatic N) is 1. The lowest BCUT2D eigenvalue weighted by Gasteiger charge is -2.12. The van der Waals surface area contributed by atoms with E-state index in [1.165, 1.54) is 25.5 Å². The third-order valence-electron chi connectivity index (χ3n) is 3.16. The fraction of sp³-hybridized carbons (Fsp3) is 0.118. The van der Waals surface area contributed by atoms with E-state index in [9.17, 15) is 14.7 Å². The van der Waals surface area contributed by atoms with E-state index in [1.807, 2.05) is 0 Å². The number of ether oxygens (including phenoxy) is 2. The van der Waals surface area contributed by atoms with Gasteiger partial charge in [0, 0.05) is 0 Å². The molecule has 2 amide bonds. The Balaban J connectivity index is 2.04. The normalized spacial score (nSPS) is 10.4. The van der Waals surface area contributed by atoms with Crippen molar-refractivity contribution >= 4 is 18.2 Å². The van der Waals surface area contributed by atoms with E-state index >= 15 is 0 Å². The number of nitrogens with one attached hydrogen (secondary N) is 1. The Morgan fingerprint density at radius 3 is 2.52 bits per heavy atom. The molecule has 2 aromatic rings. The van der Waals surface area contributed by atoms with Gasteiger partial charge < -0.3 is 25.1 Å². The largest absolute Gasteiger partial charge is 0.545 e. The van der Waals surface area contributed by atoms with Gasteiger partial charge in [0.15, 0.2) is 11.5 Å². The molecule has 0 saturated carbocycles. The Morgan fingerprint density at radius 1 is 1.20 bits per heavy atom. The Labute approximate surface area is 143 Å². The van der Waals surface area contributed by atoms with E-state index in [2.05, 4.69) is 10.5 Å². The number of carbonyl (C=O) groups is 2. The topological polar surface area (TPSA) is 126 Å². The molecule has 0 fully saturated rings. The zero-order valence-electron chi connectivity index (χ0n) is 13.4. The summed E-state index contributed by atoms with van der Waals surface area (Å²) < 4.78 is 11.0. The molecule has 0 heterocycles. The van der Waals surface area contributed by atoms with Gasteiger partial charge in [-0.2, -0.15) is 5.10 Å². The van der Waals surface area contributed by atoms with Crippen molar-refractivity contribution in [1.82, 2.24) is 5.43 Å². The third-order valence-corrected chi connectivity index (χ3v) is 3.16. The Hall–Kier alpha value is -3.55. The van der Waals surface area contributed by atoms with Crippen molar-refractivity contribution in [3.8, 4) is 11.5 Å². The van der Waals surface area contributed by atoms with Crippen LogP contribution in [0, 0.1) is 0 Å². The molecule has 0 radical (unpaired) electrons. The molecule has 8 nitrogen and oxygen atoms in total. The quantitative estimate of drug-likeness (QED) is 0.564. The molecule has 0 saturated heterocycles. The molecular weight excluding hydrogens is 326 g/mol. The first-order chi connectivity index (χ1) is 12.0. The standard InChI is InChI=1S/C17H17N3O5/c1-24-15-8-12(9-19-20-17(18)23)4-7-14(15)25-10-11-2-5-13(6-3-11)16(21)22/h2-9H,10H2,1H3,(H,21,22)(H3,18,20,23)/p-1/b19-9-. The summed E-state index contributed by atoms with van der Waals surface area (Å²) in [5.41, 5.74) is 8.59. The summed E-state index contributed by atoms with van der Waals surface area (Å²) in [5.74, 6) is -0.238. The van der Waals surface area contributed by atoms with Crippen LogP contribution in [0.25, 0.3) is 0 Å². The number of hydrogen-bond acceptors (Lipinski definition) is 6. The van der Waals surface area contributed by atoms with Gasteiger partial charge in [-0.25, -0.2) is 10.2 Å². The second-order valence-corrected chi connectivity index (χ2v) is 4.92. The lowest BCUT2D eigenvalue weighted by molar-refractivity contribution is -0.255. The van der Waals surface area contributed by atoms with Crippen molar-refractivity contribution in [1.29, 1.82) is 0 Å². The smallest absolute Gasteiger partial charge is 0.332 e. The first kappa shape index (κ1) is 17.8. The molecule has 2 rings (SSSR count). The van der Waals surface area contributed by atoms with Gasteiger partial charge in [0.25, 0.3) is 0 Å². The summed E-state index contributed by atoms with van der Waals surface area (Å²) in [6.45, 7) is 0.236. The molecule has 0 aliphatic carbocycles. The average Bonchev–Trinajstić information content (AvgIpc) is 2.60. The number of hydrogen-bond donors (Lipinski definition) is 2. The van der Waals surface area contributed by atoms with E-state index in [0.717, 1.165) is 5.56 Å². The number of aromatic carboxylic acids is 1. The van der Waals surface area contributed by atoms with Gasteiger partial charge in [-0.1, -0.05) is 24.3 Å². The lowest BCUT2D eigenvalue weighted by Crippen LogP contribution is -2.24. The molecule has 2 aromatic carbocycles. The van der Waals surface area contributed by atoms with Gasteiger partial charge in [0.2, 0.25) is 0 Å². The minimum atomic E-state index is -1.22. The maximum Gasteiger partial charge on any atom is 0.332 e. The summed E-state index contributed by atoms with van der Waals surface area (Å²) in [4.78, 5) is 21.3. The van der Waals surface area contributed by atoms with Crippen LogP contribution < -0.4 is 25.7 Å². The van der Waals surface area contributed by atoms with Crippen LogP contribution in [0.2, 0.25) is 0 Å². The van der Waals surface area contributed by atoms with Crippen LogP contribution in [0.1, 0.15) is 21.5 Å². The molecule has 3 N–H and O–H groups in total. The summed E-state index contributed by atoms with van der Waals surface area (Å²) in [7, 11) is 1.50. The van der Waals surface area contributed by atoms with Crippen LogP contribution in [-0.4, -0.2) is 25.3 Å². The van der Waals surface area contributed by atoms with E-state index < -0.39 is 12.0 Å². The minimum absolute atomic E-state index is 0.106. The summed E-state index contributed by atoms with van der Waals surface area (Å²) >= 11 is 0. The number of carboxylic acids is 1. The molecule has 0 aliphatic rings. The summed E-state index contributed by atoms with van der Waals surface area (Å²) in [6, 6.07) is 10.5. The van der Waals surface area contributed by atoms with Crippen LogP contribution >= 0.6 is 0 Å².